The van der Waals surface area contributed by atoms with Crippen LogP contribution in [0.3, 0.4) is 0 Å². The van der Waals surface area contributed by atoms with Crippen LogP contribution in [0.5, 0.6) is 0 Å². The highest BCUT2D eigenvalue weighted by atomic mass is 32.1. The number of rotatable bonds is 8. The Morgan fingerprint density at radius 1 is 1.26 bits per heavy atom. The van der Waals surface area contributed by atoms with E-state index in [1.807, 2.05) is 29.2 Å². The third-order valence-corrected chi connectivity index (χ3v) is 5.11. The van der Waals surface area contributed by atoms with Gasteiger partial charge in [0.2, 0.25) is 5.91 Å². The molecule has 0 unspecified atom stereocenters. The summed E-state index contributed by atoms with van der Waals surface area (Å²) in [4.78, 5) is 26.4. The fourth-order valence-electron chi connectivity index (χ4n) is 2.84. The maximum Gasteiger partial charge on any atom is 0.284 e. The van der Waals surface area contributed by atoms with Crippen LogP contribution in [0.15, 0.2) is 47.1 Å². The SMILES string of the molecule is CCCN(CC(=O)Nc1ccc2sc(C(=O)NO)cc2c1)Cc1ccco1. The largest absolute Gasteiger partial charge is 0.468 e. The number of fused-ring (bicyclic) bond motifs is 1. The van der Waals surface area contributed by atoms with Crippen molar-refractivity contribution in [3.05, 3.63) is 53.3 Å². The van der Waals surface area contributed by atoms with Crippen LogP contribution in [-0.2, 0) is 11.3 Å². The minimum Gasteiger partial charge on any atom is -0.468 e. The lowest BCUT2D eigenvalue weighted by Gasteiger charge is -2.19. The molecule has 7 nitrogen and oxygen atoms in total. The van der Waals surface area contributed by atoms with Crippen LogP contribution in [0.4, 0.5) is 5.69 Å². The Hall–Kier alpha value is -2.68. The van der Waals surface area contributed by atoms with Gasteiger partial charge in [0.25, 0.3) is 5.91 Å². The number of nitrogens with zero attached hydrogens (tertiary/aromatic N) is 1. The Kier molecular flexibility index (Phi) is 6.23. The van der Waals surface area contributed by atoms with Gasteiger partial charge in [0.15, 0.2) is 0 Å². The smallest absolute Gasteiger partial charge is 0.284 e. The summed E-state index contributed by atoms with van der Waals surface area (Å²) in [6.45, 7) is 3.70. The topological polar surface area (TPSA) is 94.8 Å². The summed E-state index contributed by atoms with van der Waals surface area (Å²) in [6, 6.07) is 10.9. The van der Waals surface area contributed by atoms with Gasteiger partial charge in [0, 0.05) is 10.4 Å². The number of thiophene rings is 1. The van der Waals surface area contributed by atoms with Crippen LogP contribution in [0.25, 0.3) is 10.1 Å². The van der Waals surface area contributed by atoms with Gasteiger partial charge < -0.3 is 9.73 Å². The minimum absolute atomic E-state index is 0.113. The standard InChI is InChI=1S/C19H21N3O4S/c1-2-7-22(11-15-4-3-8-26-15)12-18(23)20-14-5-6-16-13(9-14)10-17(27-16)19(24)21-25/h3-6,8-10,25H,2,7,11-12H2,1H3,(H,20,23)(H,21,24). The maximum atomic E-state index is 12.4. The van der Waals surface area contributed by atoms with Crippen molar-refractivity contribution in [2.75, 3.05) is 18.4 Å². The second kappa shape index (κ2) is 8.81. The van der Waals surface area contributed by atoms with E-state index in [1.54, 1.807) is 23.9 Å². The summed E-state index contributed by atoms with van der Waals surface area (Å²) in [5.41, 5.74) is 2.29. The molecule has 0 saturated heterocycles. The molecule has 142 valence electrons. The summed E-state index contributed by atoms with van der Waals surface area (Å²) < 4.78 is 6.27. The number of amides is 2. The minimum atomic E-state index is -0.546. The number of nitrogens with one attached hydrogen (secondary N) is 2. The van der Waals surface area contributed by atoms with Crippen molar-refractivity contribution in [1.82, 2.24) is 10.4 Å². The average Bonchev–Trinajstić information content (AvgIpc) is 3.30. The molecule has 0 aliphatic rings. The number of hydrogen-bond donors (Lipinski definition) is 3. The van der Waals surface area contributed by atoms with Crippen molar-refractivity contribution in [1.29, 1.82) is 0 Å². The van der Waals surface area contributed by atoms with E-state index in [2.05, 4.69) is 12.2 Å². The van der Waals surface area contributed by atoms with E-state index >= 15 is 0 Å². The third kappa shape index (κ3) is 4.94. The molecular formula is C19H21N3O4S. The number of furan rings is 1. The van der Waals surface area contributed by atoms with Crippen molar-refractivity contribution >= 4 is 38.9 Å². The summed E-state index contributed by atoms with van der Waals surface area (Å²) >= 11 is 1.27. The first-order valence-corrected chi connectivity index (χ1v) is 9.43. The quantitative estimate of drug-likeness (QED) is 0.406. The molecule has 0 saturated carbocycles. The van der Waals surface area contributed by atoms with Gasteiger partial charge >= 0.3 is 0 Å². The molecule has 0 aliphatic heterocycles. The zero-order valence-corrected chi connectivity index (χ0v) is 15.7. The Labute approximate surface area is 160 Å². The summed E-state index contributed by atoms with van der Waals surface area (Å²) in [5, 5.41) is 12.5. The normalized spacial score (nSPS) is 11.1. The van der Waals surface area contributed by atoms with Crippen LogP contribution in [0.1, 0.15) is 28.8 Å². The first-order valence-electron chi connectivity index (χ1n) is 8.61. The van der Waals surface area contributed by atoms with Crippen LogP contribution in [-0.4, -0.2) is 35.0 Å². The molecule has 0 bridgehead atoms. The number of carbonyl (C=O) groups is 2. The van der Waals surface area contributed by atoms with Crippen LogP contribution in [0.2, 0.25) is 0 Å². The predicted octanol–water partition coefficient (Wildman–Crippen LogP) is 3.46. The van der Waals surface area contributed by atoms with Gasteiger partial charge in [0.1, 0.15) is 5.76 Å². The van der Waals surface area contributed by atoms with E-state index in [0.717, 1.165) is 28.8 Å². The number of anilines is 1. The molecule has 0 aliphatic carbocycles. The van der Waals surface area contributed by atoms with Crippen molar-refractivity contribution < 1.29 is 19.2 Å². The highest BCUT2D eigenvalue weighted by Gasteiger charge is 2.14. The Bertz CT molecular complexity index is 920. The number of benzene rings is 1. The van der Waals surface area contributed by atoms with Crippen molar-refractivity contribution in [3.63, 3.8) is 0 Å². The monoisotopic (exact) mass is 387 g/mol. The van der Waals surface area contributed by atoms with Crippen molar-refractivity contribution in [2.45, 2.75) is 19.9 Å². The van der Waals surface area contributed by atoms with E-state index in [0.29, 0.717) is 17.1 Å². The van der Waals surface area contributed by atoms with Gasteiger partial charge in [0.05, 0.1) is 24.2 Å². The molecule has 0 spiro atoms. The van der Waals surface area contributed by atoms with Crippen LogP contribution < -0.4 is 10.8 Å². The summed E-state index contributed by atoms with van der Waals surface area (Å²) in [5.74, 6) is 0.165. The van der Waals surface area contributed by atoms with E-state index in [4.69, 9.17) is 9.62 Å². The Balaban J connectivity index is 1.66. The second-order valence-electron chi connectivity index (χ2n) is 6.14. The molecule has 0 radical (unpaired) electrons. The highest BCUT2D eigenvalue weighted by molar-refractivity contribution is 7.20. The highest BCUT2D eigenvalue weighted by Crippen LogP contribution is 2.28. The van der Waals surface area contributed by atoms with E-state index in [-0.39, 0.29) is 12.5 Å². The van der Waals surface area contributed by atoms with Crippen LogP contribution >= 0.6 is 11.3 Å². The molecule has 3 rings (SSSR count). The molecular weight excluding hydrogens is 366 g/mol. The summed E-state index contributed by atoms with van der Waals surface area (Å²) in [6.07, 6.45) is 2.56. The Morgan fingerprint density at radius 3 is 2.81 bits per heavy atom. The van der Waals surface area contributed by atoms with Gasteiger partial charge in [-0.3, -0.25) is 19.7 Å². The molecule has 2 aromatic heterocycles. The second-order valence-corrected chi connectivity index (χ2v) is 7.23. The van der Waals surface area contributed by atoms with Gasteiger partial charge in [-0.25, -0.2) is 5.48 Å². The number of hydroxylamine groups is 1. The zero-order chi connectivity index (χ0) is 19.2. The molecule has 3 aromatic rings. The molecule has 27 heavy (non-hydrogen) atoms. The average molecular weight is 387 g/mol. The van der Waals surface area contributed by atoms with Gasteiger partial charge in [-0.15, -0.1) is 11.3 Å². The lowest BCUT2D eigenvalue weighted by molar-refractivity contribution is -0.117. The van der Waals surface area contributed by atoms with Crippen molar-refractivity contribution in [3.8, 4) is 0 Å². The first-order chi connectivity index (χ1) is 13.1. The molecule has 8 heteroatoms. The van der Waals surface area contributed by atoms with Crippen LogP contribution in [0, 0.1) is 0 Å². The molecule has 0 fully saturated rings. The lowest BCUT2D eigenvalue weighted by Crippen LogP contribution is -2.33. The lowest BCUT2D eigenvalue weighted by atomic mass is 10.2. The van der Waals surface area contributed by atoms with Gasteiger partial charge in [-0.2, -0.15) is 0 Å². The predicted molar refractivity (Wildman–Crippen MR) is 104 cm³/mol. The van der Waals surface area contributed by atoms with E-state index < -0.39 is 5.91 Å². The van der Waals surface area contributed by atoms with E-state index in [9.17, 15) is 9.59 Å². The molecule has 0 atom stereocenters. The Morgan fingerprint density at radius 2 is 2.11 bits per heavy atom. The van der Waals surface area contributed by atoms with Crippen molar-refractivity contribution in [2.24, 2.45) is 0 Å². The number of hydrogen-bond acceptors (Lipinski definition) is 6. The summed E-state index contributed by atoms with van der Waals surface area (Å²) in [7, 11) is 0. The molecule has 2 amide bonds. The van der Waals surface area contributed by atoms with E-state index in [1.165, 1.54) is 11.3 Å². The molecule has 3 N–H and O–H groups in total. The van der Waals surface area contributed by atoms with Gasteiger partial charge in [-0.1, -0.05) is 6.92 Å². The molecule has 2 heterocycles. The number of carbonyl (C=O) groups excluding carboxylic acids is 2. The first kappa shape index (κ1) is 19.1. The van der Waals surface area contributed by atoms with Gasteiger partial charge in [-0.05, 0) is 54.8 Å². The third-order valence-electron chi connectivity index (χ3n) is 3.99. The fraction of sp³-hybridized carbons (Fsp3) is 0.263. The fourth-order valence-corrected chi connectivity index (χ4v) is 3.78. The zero-order valence-electron chi connectivity index (χ0n) is 14.9. The molecule has 1 aromatic carbocycles. The maximum absolute atomic E-state index is 12.4.